The Hall–Kier alpha value is -3.13. The Morgan fingerprint density at radius 2 is 1.37 bits per heavy atom. The van der Waals surface area contributed by atoms with Crippen LogP contribution in [0.5, 0.6) is 5.75 Å². The van der Waals surface area contributed by atoms with Crippen molar-refractivity contribution >= 4 is 24.9 Å². The molecule has 4 heteroatoms. The summed E-state index contributed by atoms with van der Waals surface area (Å²) in [5.41, 5.74) is 7.59. The van der Waals surface area contributed by atoms with Gasteiger partial charge >= 0.3 is 0 Å². The number of hydrogen-bond acceptors (Lipinski definition) is 3. The number of aryl methyl sites for hydroxylation is 2. The van der Waals surface area contributed by atoms with Gasteiger partial charge in [-0.3, -0.25) is 0 Å². The highest BCUT2D eigenvalue weighted by atomic mass is 31.1. The van der Waals surface area contributed by atoms with Gasteiger partial charge in [-0.25, -0.2) is 0 Å². The molecular weight excluding hydrogens is 485 g/mol. The summed E-state index contributed by atoms with van der Waals surface area (Å²) in [4.78, 5) is 2.51. The van der Waals surface area contributed by atoms with Gasteiger partial charge in [0.15, 0.2) is 6.79 Å². The fourth-order valence-electron chi connectivity index (χ4n) is 4.74. The van der Waals surface area contributed by atoms with Crippen molar-refractivity contribution in [2.45, 2.75) is 53.1 Å². The first-order valence-electron chi connectivity index (χ1n) is 13.2. The van der Waals surface area contributed by atoms with Gasteiger partial charge in [-0.2, -0.15) is 0 Å². The molecule has 0 aliphatic carbocycles. The number of benzene rings is 4. The van der Waals surface area contributed by atoms with Crippen molar-refractivity contribution in [3.63, 3.8) is 0 Å². The van der Waals surface area contributed by atoms with E-state index in [4.69, 9.17) is 9.47 Å². The van der Waals surface area contributed by atoms with Gasteiger partial charge in [0.1, 0.15) is 5.75 Å². The van der Waals surface area contributed by atoms with E-state index in [1.54, 1.807) is 7.11 Å². The predicted molar refractivity (Wildman–Crippen MR) is 164 cm³/mol. The van der Waals surface area contributed by atoms with E-state index in [2.05, 4.69) is 131 Å². The Morgan fingerprint density at radius 3 is 1.92 bits per heavy atom. The third-order valence-electron chi connectivity index (χ3n) is 6.65. The van der Waals surface area contributed by atoms with E-state index in [0.29, 0.717) is 8.58 Å². The van der Waals surface area contributed by atoms with Gasteiger partial charge in [-0.15, -0.1) is 0 Å². The summed E-state index contributed by atoms with van der Waals surface area (Å²) in [6, 6.07) is 32.7. The Kier molecular flexibility index (Phi) is 9.26. The lowest BCUT2D eigenvalue weighted by Gasteiger charge is -2.30. The first kappa shape index (κ1) is 27.9. The van der Waals surface area contributed by atoms with E-state index in [1.165, 1.54) is 44.1 Å². The number of ether oxygens (including phenoxy) is 2. The highest BCUT2D eigenvalue weighted by Crippen LogP contribution is 2.36. The van der Waals surface area contributed by atoms with E-state index in [0.717, 1.165) is 18.8 Å². The van der Waals surface area contributed by atoms with E-state index < -0.39 is 0 Å². The van der Waals surface area contributed by atoms with Crippen molar-refractivity contribution in [2.75, 3.05) is 18.8 Å². The molecule has 0 saturated carbocycles. The molecule has 4 aromatic carbocycles. The maximum absolute atomic E-state index is 6.27. The highest BCUT2D eigenvalue weighted by Gasteiger charge is 2.24. The van der Waals surface area contributed by atoms with Gasteiger partial charge in [0.25, 0.3) is 0 Å². The van der Waals surface area contributed by atoms with Gasteiger partial charge in [-0.1, -0.05) is 108 Å². The van der Waals surface area contributed by atoms with Gasteiger partial charge in [0, 0.05) is 42.1 Å². The molecule has 0 N–H and O–H groups in total. The number of rotatable bonds is 10. The Labute approximate surface area is 230 Å². The molecule has 1 unspecified atom stereocenters. The minimum atomic E-state index is -0.0461. The molecule has 0 radical (unpaired) electrons. The highest BCUT2D eigenvalue weighted by molar-refractivity contribution is 7.56. The summed E-state index contributed by atoms with van der Waals surface area (Å²) in [5.74, 6) is 0.954. The number of hydrogen-bond donors (Lipinski definition) is 0. The van der Waals surface area contributed by atoms with E-state index >= 15 is 0 Å². The predicted octanol–water partition coefficient (Wildman–Crippen LogP) is 7.42. The zero-order valence-electron chi connectivity index (χ0n) is 23.5. The van der Waals surface area contributed by atoms with Crippen molar-refractivity contribution in [2.24, 2.45) is 0 Å². The molecule has 3 nitrogen and oxygen atoms in total. The standard InChI is InChI=1S/C34H40NO2P/c1-25-20-29(34(3,4)5)32(37-24-36-6)31(21-25)38-33-26(2)14-13-19-30(33)35(22-27-15-9-7-10-16-27)23-28-17-11-8-12-18-28/h7-21,38H,22-24H2,1-6H3. The molecule has 0 amide bonds. The summed E-state index contributed by atoms with van der Waals surface area (Å²) in [7, 11) is 2.13. The van der Waals surface area contributed by atoms with Gasteiger partial charge < -0.3 is 14.4 Å². The normalized spacial score (nSPS) is 11.7. The molecule has 0 fully saturated rings. The number of nitrogens with zero attached hydrogens (tertiary/aromatic N) is 1. The topological polar surface area (TPSA) is 21.7 Å². The molecule has 0 heterocycles. The van der Waals surface area contributed by atoms with E-state index in [1.807, 2.05) is 0 Å². The van der Waals surface area contributed by atoms with Crippen LogP contribution in [-0.2, 0) is 23.2 Å². The number of anilines is 1. The monoisotopic (exact) mass is 525 g/mol. The Morgan fingerprint density at radius 1 is 0.763 bits per heavy atom. The van der Waals surface area contributed by atoms with Crippen LogP contribution < -0.4 is 20.2 Å². The van der Waals surface area contributed by atoms with Crippen LogP contribution in [-0.4, -0.2) is 13.9 Å². The fraction of sp³-hybridized carbons (Fsp3) is 0.294. The second kappa shape index (κ2) is 12.6. The van der Waals surface area contributed by atoms with Crippen LogP contribution in [0.15, 0.2) is 91.0 Å². The number of methoxy groups -OCH3 is 1. The van der Waals surface area contributed by atoms with Crippen LogP contribution in [0.4, 0.5) is 5.69 Å². The third-order valence-corrected chi connectivity index (χ3v) is 8.19. The van der Waals surface area contributed by atoms with E-state index in [-0.39, 0.29) is 12.2 Å². The maximum Gasteiger partial charge on any atom is 0.188 e. The average Bonchev–Trinajstić information content (AvgIpc) is 2.89. The molecule has 0 aliphatic heterocycles. The summed E-state index contributed by atoms with van der Waals surface area (Å²) < 4.78 is 11.6. The summed E-state index contributed by atoms with van der Waals surface area (Å²) in [6.45, 7) is 13.1. The summed E-state index contributed by atoms with van der Waals surface area (Å²) >= 11 is 0. The zero-order valence-corrected chi connectivity index (χ0v) is 24.5. The van der Waals surface area contributed by atoms with Crippen LogP contribution in [0.2, 0.25) is 0 Å². The molecule has 198 valence electrons. The minimum absolute atomic E-state index is 0.0461. The first-order chi connectivity index (χ1) is 18.3. The SMILES string of the molecule is COCOc1c(Pc2c(C)cccc2N(Cc2ccccc2)Cc2ccccc2)cc(C)cc1C(C)(C)C. The molecule has 4 rings (SSSR count). The summed E-state index contributed by atoms with van der Waals surface area (Å²) in [6.07, 6.45) is 0. The zero-order chi connectivity index (χ0) is 27.1. The molecule has 1 atom stereocenters. The maximum atomic E-state index is 6.27. The molecule has 0 spiro atoms. The largest absolute Gasteiger partial charge is 0.467 e. The van der Waals surface area contributed by atoms with Crippen LogP contribution in [0.3, 0.4) is 0 Å². The first-order valence-corrected chi connectivity index (χ1v) is 14.2. The van der Waals surface area contributed by atoms with Crippen molar-refractivity contribution in [3.8, 4) is 5.75 Å². The van der Waals surface area contributed by atoms with Gasteiger partial charge in [0.05, 0.1) is 0 Å². The molecule has 0 bridgehead atoms. The Bertz CT molecular complexity index is 1290. The van der Waals surface area contributed by atoms with Crippen molar-refractivity contribution in [1.29, 1.82) is 0 Å². The second-order valence-corrected chi connectivity index (χ2v) is 12.2. The van der Waals surface area contributed by atoms with Gasteiger partial charge in [0.2, 0.25) is 0 Å². The quantitative estimate of drug-likeness (QED) is 0.159. The van der Waals surface area contributed by atoms with Crippen molar-refractivity contribution in [1.82, 2.24) is 0 Å². The lowest BCUT2D eigenvalue weighted by Crippen LogP contribution is -2.28. The molecule has 0 aromatic heterocycles. The average molecular weight is 526 g/mol. The fourth-order valence-corrected chi connectivity index (χ4v) is 6.28. The van der Waals surface area contributed by atoms with Crippen LogP contribution >= 0.6 is 8.58 Å². The second-order valence-electron chi connectivity index (χ2n) is 10.9. The summed E-state index contributed by atoms with van der Waals surface area (Å²) in [5, 5.41) is 2.58. The van der Waals surface area contributed by atoms with Crippen molar-refractivity contribution < 1.29 is 9.47 Å². The van der Waals surface area contributed by atoms with Crippen LogP contribution in [0.1, 0.15) is 48.6 Å². The van der Waals surface area contributed by atoms with E-state index in [9.17, 15) is 0 Å². The van der Waals surface area contributed by atoms with Crippen LogP contribution in [0, 0.1) is 13.8 Å². The molecular formula is C34H40NO2P. The lowest BCUT2D eigenvalue weighted by atomic mass is 9.85. The lowest BCUT2D eigenvalue weighted by molar-refractivity contribution is 0.0506. The molecule has 38 heavy (non-hydrogen) atoms. The molecule has 4 aromatic rings. The minimum Gasteiger partial charge on any atom is -0.467 e. The Balaban J connectivity index is 1.81. The molecule has 0 saturated heterocycles. The van der Waals surface area contributed by atoms with Crippen molar-refractivity contribution in [3.05, 3.63) is 119 Å². The molecule has 0 aliphatic rings. The third kappa shape index (κ3) is 7.04. The van der Waals surface area contributed by atoms with Crippen LogP contribution in [0.25, 0.3) is 0 Å². The smallest absolute Gasteiger partial charge is 0.188 e. The van der Waals surface area contributed by atoms with Gasteiger partial charge in [-0.05, 0) is 53.6 Å².